The van der Waals surface area contributed by atoms with Gasteiger partial charge in [-0.1, -0.05) is 23.8 Å². The largest absolute Gasteiger partial charge is 0.421 e. The van der Waals surface area contributed by atoms with Gasteiger partial charge in [-0.25, -0.2) is 4.39 Å². The summed E-state index contributed by atoms with van der Waals surface area (Å²) in [6.07, 6.45) is 0.492. The van der Waals surface area contributed by atoms with Crippen LogP contribution in [0.5, 0.6) is 0 Å². The van der Waals surface area contributed by atoms with E-state index < -0.39 is 5.82 Å². The standard InChI is InChI=1S/C18H16FN3O2/c1-12-4-2-5-13(10-12)18-22-21-17(24-18)9-8-16(23)20-15-7-3-6-14(19)11-15/h2-7,10-11H,8-9H2,1H3,(H,20,23). The number of hydrogen-bond acceptors (Lipinski definition) is 4. The Balaban J connectivity index is 1.58. The van der Waals surface area contributed by atoms with Crippen molar-refractivity contribution >= 4 is 11.6 Å². The molecular weight excluding hydrogens is 309 g/mol. The van der Waals surface area contributed by atoms with Crippen molar-refractivity contribution in [3.05, 3.63) is 65.8 Å². The van der Waals surface area contributed by atoms with Crippen LogP contribution in [0.15, 0.2) is 52.9 Å². The van der Waals surface area contributed by atoms with Crippen molar-refractivity contribution in [1.29, 1.82) is 0 Å². The molecule has 3 aromatic rings. The van der Waals surface area contributed by atoms with E-state index in [4.69, 9.17) is 4.42 Å². The quantitative estimate of drug-likeness (QED) is 0.775. The molecule has 1 N–H and O–H groups in total. The van der Waals surface area contributed by atoms with Crippen LogP contribution in [0.25, 0.3) is 11.5 Å². The average Bonchev–Trinajstić information content (AvgIpc) is 3.02. The number of rotatable bonds is 5. The summed E-state index contributed by atoms with van der Waals surface area (Å²) in [4.78, 5) is 11.9. The molecule has 1 amide bonds. The number of amides is 1. The zero-order valence-corrected chi connectivity index (χ0v) is 13.1. The Hall–Kier alpha value is -3.02. The van der Waals surface area contributed by atoms with Gasteiger partial charge in [0.1, 0.15) is 5.82 Å². The number of anilines is 1. The molecule has 1 heterocycles. The minimum absolute atomic E-state index is 0.173. The zero-order chi connectivity index (χ0) is 16.9. The highest BCUT2D eigenvalue weighted by Crippen LogP contribution is 2.19. The second-order valence-corrected chi connectivity index (χ2v) is 5.43. The predicted molar refractivity (Wildman–Crippen MR) is 87.8 cm³/mol. The molecule has 0 spiro atoms. The number of nitrogens with one attached hydrogen (secondary N) is 1. The van der Waals surface area contributed by atoms with E-state index in [1.807, 2.05) is 31.2 Å². The predicted octanol–water partition coefficient (Wildman–Crippen LogP) is 3.76. The fourth-order valence-electron chi connectivity index (χ4n) is 2.26. The molecule has 0 aliphatic rings. The Kier molecular flexibility index (Phi) is 4.65. The molecule has 0 saturated carbocycles. The summed E-state index contributed by atoms with van der Waals surface area (Å²) < 4.78 is 18.7. The van der Waals surface area contributed by atoms with E-state index in [0.29, 0.717) is 23.9 Å². The molecule has 0 atom stereocenters. The van der Waals surface area contributed by atoms with Gasteiger partial charge in [-0.3, -0.25) is 4.79 Å². The molecule has 0 aliphatic heterocycles. The van der Waals surface area contributed by atoms with Crippen molar-refractivity contribution in [2.24, 2.45) is 0 Å². The van der Waals surface area contributed by atoms with Gasteiger partial charge in [0.15, 0.2) is 0 Å². The molecule has 5 nitrogen and oxygen atoms in total. The first kappa shape index (κ1) is 15.9. The number of halogens is 1. The maximum atomic E-state index is 13.1. The van der Waals surface area contributed by atoms with E-state index in [1.165, 1.54) is 18.2 Å². The van der Waals surface area contributed by atoms with Gasteiger partial charge in [0, 0.05) is 24.1 Å². The van der Waals surface area contributed by atoms with Crippen molar-refractivity contribution in [2.75, 3.05) is 5.32 Å². The minimum Gasteiger partial charge on any atom is -0.421 e. The van der Waals surface area contributed by atoms with Crippen molar-refractivity contribution in [3.8, 4) is 11.5 Å². The van der Waals surface area contributed by atoms with E-state index in [2.05, 4.69) is 15.5 Å². The molecule has 0 unspecified atom stereocenters. The lowest BCUT2D eigenvalue weighted by Crippen LogP contribution is -2.12. The van der Waals surface area contributed by atoms with Crippen LogP contribution in [0.2, 0.25) is 0 Å². The van der Waals surface area contributed by atoms with Gasteiger partial charge in [0.05, 0.1) is 0 Å². The fourth-order valence-corrected chi connectivity index (χ4v) is 2.26. The number of carbonyl (C=O) groups excluding carboxylic acids is 1. The third-order valence-electron chi connectivity index (χ3n) is 3.41. The summed E-state index contributed by atoms with van der Waals surface area (Å²) in [5, 5.41) is 10.6. The van der Waals surface area contributed by atoms with E-state index in [-0.39, 0.29) is 12.3 Å². The number of nitrogens with zero attached hydrogens (tertiary/aromatic N) is 2. The first-order valence-electron chi connectivity index (χ1n) is 7.55. The first-order chi connectivity index (χ1) is 11.6. The molecule has 0 saturated heterocycles. The number of carbonyl (C=O) groups is 1. The number of hydrogen-bond donors (Lipinski definition) is 1. The molecular formula is C18H16FN3O2. The molecule has 0 fully saturated rings. The highest BCUT2D eigenvalue weighted by molar-refractivity contribution is 5.90. The molecule has 1 aromatic heterocycles. The molecule has 0 aliphatic carbocycles. The highest BCUT2D eigenvalue weighted by Gasteiger charge is 2.11. The summed E-state index contributed by atoms with van der Waals surface area (Å²) in [7, 11) is 0. The SMILES string of the molecule is Cc1cccc(-c2nnc(CCC(=O)Nc3cccc(F)c3)o2)c1. The van der Waals surface area contributed by atoms with Gasteiger partial charge in [-0.2, -0.15) is 0 Å². The number of aryl methyl sites for hydroxylation is 2. The van der Waals surface area contributed by atoms with Gasteiger partial charge < -0.3 is 9.73 Å². The van der Waals surface area contributed by atoms with Crippen LogP contribution in [0.4, 0.5) is 10.1 Å². The van der Waals surface area contributed by atoms with Crippen molar-refractivity contribution in [2.45, 2.75) is 19.8 Å². The fraction of sp³-hybridized carbons (Fsp3) is 0.167. The Morgan fingerprint density at radius 2 is 2.00 bits per heavy atom. The van der Waals surface area contributed by atoms with Gasteiger partial charge >= 0.3 is 0 Å². The smallest absolute Gasteiger partial charge is 0.247 e. The second kappa shape index (κ2) is 7.04. The van der Waals surface area contributed by atoms with E-state index in [0.717, 1.165) is 11.1 Å². The Labute approximate surface area is 138 Å². The van der Waals surface area contributed by atoms with E-state index in [9.17, 15) is 9.18 Å². The van der Waals surface area contributed by atoms with Crippen LogP contribution < -0.4 is 5.32 Å². The monoisotopic (exact) mass is 325 g/mol. The third-order valence-corrected chi connectivity index (χ3v) is 3.41. The van der Waals surface area contributed by atoms with Gasteiger partial charge in [0.25, 0.3) is 0 Å². The third kappa shape index (κ3) is 4.04. The lowest BCUT2D eigenvalue weighted by molar-refractivity contribution is -0.116. The molecule has 3 rings (SSSR count). The van der Waals surface area contributed by atoms with E-state index >= 15 is 0 Å². The van der Waals surface area contributed by atoms with E-state index in [1.54, 1.807) is 6.07 Å². The van der Waals surface area contributed by atoms with Gasteiger partial charge in [0.2, 0.25) is 17.7 Å². The minimum atomic E-state index is -0.396. The molecule has 6 heteroatoms. The van der Waals surface area contributed by atoms with Crippen LogP contribution in [0.3, 0.4) is 0 Å². The summed E-state index contributed by atoms with van der Waals surface area (Å²) in [5.41, 5.74) is 2.37. The molecule has 0 bridgehead atoms. The topological polar surface area (TPSA) is 68.0 Å². The number of aromatic nitrogens is 2. The lowest BCUT2D eigenvalue weighted by Gasteiger charge is -2.03. The Morgan fingerprint density at radius 1 is 1.17 bits per heavy atom. The van der Waals surface area contributed by atoms with Gasteiger partial charge in [-0.05, 0) is 37.3 Å². The Bertz CT molecular complexity index is 861. The maximum Gasteiger partial charge on any atom is 0.247 e. The molecule has 24 heavy (non-hydrogen) atoms. The van der Waals surface area contributed by atoms with Crippen molar-refractivity contribution in [1.82, 2.24) is 10.2 Å². The van der Waals surface area contributed by atoms with Gasteiger partial charge in [-0.15, -0.1) is 10.2 Å². The molecule has 122 valence electrons. The number of benzene rings is 2. The van der Waals surface area contributed by atoms with Crippen LogP contribution in [-0.2, 0) is 11.2 Å². The van der Waals surface area contributed by atoms with Crippen LogP contribution in [0, 0.1) is 12.7 Å². The summed E-state index contributed by atoms with van der Waals surface area (Å²) in [6.45, 7) is 1.98. The summed E-state index contributed by atoms with van der Waals surface area (Å²) in [5.74, 6) is 0.184. The van der Waals surface area contributed by atoms with Crippen LogP contribution in [-0.4, -0.2) is 16.1 Å². The van der Waals surface area contributed by atoms with Crippen molar-refractivity contribution < 1.29 is 13.6 Å². The van der Waals surface area contributed by atoms with Crippen LogP contribution >= 0.6 is 0 Å². The molecule has 0 radical (unpaired) electrons. The summed E-state index contributed by atoms with van der Waals surface area (Å²) >= 11 is 0. The average molecular weight is 325 g/mol. The van der Waals surface area contributed by atoms with Crippen molar-refractivity contribution in [3.63, 3.8) is 0 Å². The normalized spacial score (nSPS) is 10.6. The zero-order valence-electron chi connectivity index (χ0n) is 13.1. The highest BCUT2D eigenvalue weighted by atomic mass is 19.1. The first-order valence-corrected chi connectivity index (χ1v) is 7.55. The lowest BCUT2D eigenvalue weighted by atomic mass is 10.1. The molecule has 2 aromatic carbocycles. The summed E-state index contributed by atoms with van der Waals surface area (Å²) in [6, 6.07) is 13.5. The van der Waals surface area contributed by atoms with Crippen LogP contribution in [0.1, 0.15) is 17.9 Å². The maximum absolute atomic E-state index is 13.1. The Morgan fingerprint density at radius 3 is 2.79 bits per heavy atom. The second-order valence-electron chi connectivity index (χ2n) is 5.43.